The first-order valence-electron chi connectivity index (χ1n) is 6.53. The summed E-state index contributed by atoms with van der Waals surface area (Å²) in [6.07, 6.45) is -17.0. The van der Waals surface area contributed by atoms with E-state index in [9.17, 15) is 35.1 Å². The van der Waals surface area contributed by atoms with Crippen molar-refractivity contribution in [3.05, 3.63) is 47.7 Å². The first-order chi connectivity index (χ1) is 11.0. The molecule has 0 spiro atoms. The number of nitrogens with one attached hydrogen (secondary N) is 1. The van der Waals surface area contributed by atoms with Crippen LogP contribution in [0.2, 0.25) is 0 Å². The van der Waals surface area contributed by atoms with E-state index in [0.29, 0.717) is 6.08 Å². The third-order valence-corrected chi connectivity index (χ3v) is 3.25. The van der Waals surface area contributed by atoms with Crippen LogP contribution in [0.15, 0.2) is 47.2 Å². The summed E-state index contributed by atoms with van der Waals surface area (Å²) in [5.74, 6) is -1.58. The molecule has 3 atom stereocenters. The van der Waals surface area contributed by atoms with Crippen LogP contribution in [-0.4, -0.2) is 30.4 Å². The van der Waals surface area contributed by atoms with E-state index >= 15 is 0 Å². The summed E-state index contributed by atoms with van der Waals surface area (Å²) in [6, 6.07) is 6.88. The summed E-state index contributed by atoms with van der Waals surface area (Å²) in [6.45, 7) is 0. The molecule has 0 amide bonds. The molecule has 1 aromatic rings. The molecule has 2 rings (SSSR count). The van der Waals surface area contributed by atoms with E-state index in [1.165, 1.54) is 30.3 Å². The molecule has 0 saturated carbocycles. The first kappa shape index (κ1) is 18.2. The minimum atomic E-state index is -5.29. The van der Waals surface area contributed by atoms with E-state index in [-0.39, 0.29) is 5.56 Å². The van der Waals surface area contributed by atoms with Gasteiger partial charge in [-0.2, -0.15) is 31.4 Å². The fraction of sp³-hybridized carbons (Fsp3) is 0.357. The third-order valence-electron chi connectivity index (χ3n) is 3.25. The highest BCUT2D eigenvalue weighted by Gasteiger charge is 2.49. The third kappa shape index (κ3) is 3.85. The molecular weight excluding hydrogens is 348 g/mol. The molecule has 0 fully saturated rings. The van der Waals surface area contributed by atoms with Crippen LogP contribution in [0.5, 0.6) is 0 Å². The van der Waals surface area contributed by atoms with Gasteiger partial charge in [0, 0.05) is 5.92 Å². The summed E-state index contributed by atoms with van der Waals surface area (Å²) in [4.78, 5) is 0. The van der Waals surface area contributed by atoms with Gasteiger partial charge in [0.1, 0.15) is 0 Å². The van der Waals surface area contributed by atoms with Crippen molar-refractivity contribution in [2.45, 2.75) is 30.6 Å². The number of nitrogens with zero attached hydrogens (tertiary/aromatic N) is 1. The number of benzene rings is 1. The van der Waals surface area contributed by atoms with Crippen LogP contribution in [-0.2, 0) is 0 Å². The topological polar surface area (TPSA) is 24.4 Å². The van der Waals surface area contributed by atoms with Crippen molar-refractivity contribution in [3.8, 4) is 0 Å². The van der Waals surface area contributed by atoms with Crippen molar-refractivity contribution in [2.75, 3.05) is 0 Å². The van der Waals surface area contributed by atoms with E-state index in [1.807, 2.05) is 0 Å². The molecule has 0 radical (unpaired) electrons. The van der Waals surface area contributed by atoms with E-state index < -0.39 is 42.0 Å². The summed E-state index contributed by atoms with van der Waals surface area (Å²) in [5, 5.41) is 3.03. The van der Waals surface area contributed by atoms with E-state index in [0.717, 1.165) is 0 Å². The monoisotopic (exact) mass is 358 g/mol. The van der Waals surface area contributed by atoms with Crippen LogP contribution in [0.1, 0.15) is 11.5 Å². The van der Waals surface area contributed by atoms with E-state index in [1.54, 1.807) is 5.43 Å². The van der Waals surface area contributed by atoms with Gasteiger partial charge in [-0.15, -0.1) is 0 Å². The van der Waals surface area contributed by atoms with Crippen LogP contribution in [0, 0.1) is 0 Å². The maximum atomic E-state index is 13.7. The second-order valence-corrected chi connectivity index (χ2v) is 4.97. The van der Waals surface area contributed by atoms with Crippen molar-refractivity contribution in [2.24, 2.45) is 5.10 Å². The quantitative estimate of drug-likeness (QED) is 0.795. The molecule has 10 heteroatoms. The summed E-state index contributed by atoms with van der Waals surface area (Å²) >= 11 is 0. The van der Waals surface area contributed by atoms with Crippen molar-refractivity contribution < 1.29 is 35.1 Å². The molecule has 1 aromatic carbocycles. The van der Waals surface area contributed by atoms with Crippen LogP contribution < -0.4 is 5.43 Å². The van der Waals surface area contributed by atoms with Crippen molar-refractivity contribution >= 4 is 5.71 Å². The summed E-state index contributed by atoms with van der Waals surface area (Å²) < 4.78 is 102. The zero-order valence-electron chi connectivity index (χ0n) is 11.7. The molecular formula is C14H10F8N2. The van der Waals surface area contributed by atoms with Crippen molar-refractivity contribution in [1.82, 2.24) is 5.43 Å². The van der Waals surface area contributed by atoms with Gasteiger partial charge < -0.3 is 0 Å². The predicted octanol–water partition coefficient (Wildman–Crippen LogP) is 4.41. The zero-order chi connectivity index (χ0) is 18.1. The van der Waals surface area contributed by atoms with Gasteiger partial charge in [0.25, 0.3) is 0 Å². The molecule has 2 nitrogen and oxygen atoms in total. The maximum Gasteiger partial charge on any atom is 0.425 e. The van der Waals surface area contributed by atoms with Gasteiger partial charge in [-0.1, -0.05) is 30.3 Å². The Balaban J connectivity index is 2.43. The lowest BCUT2D eigenvalue weighted by Crippen LogP contribution is -2.41. The summed E-state index contributed by atoms with van der Waals surface area (Å²) in [7, 11) is 0. The van der Waals surface area contributed by atoms with E-state index in [2.05, 4.69) is 5.10 Å². The lowest BCUT2D eigenvalue weighted by molar-refractivity contribution is -0.171. The number of hydrogen-bond acceptors (Lipinski definition) is 2. The Morgan fingerprint density at radius 2 is 1.42 bits per heavy atom. The normalized spacial score (nSPS) is 21.4. The van der Waals surface area contributed by atoms with Crippen molar-refractivity contribution in [3.63, 3.8) is 0 Å². The first-order valence-corrected chi connectivity index (χ1v) is 6.53. The molecule has 1 aliphatic rings. The minimum absolute atomic E-state index is 0.0523. The van der Waals surface area contributed by atoms with Crippen LogP contribution in [0.25, 0.3) is 0 Å². The molecule has 1 N–H and O–H groups in total. The predicted molar refractivity (Wildman–Crippen MR) is 69.7 cm³/mol. The Labute approximate surface area is 130 Å². The summed E-state index contributed by atoms with van der Waals surface area (Å²) in [5.41, 5.74) is -0.585. The highest BCUT2D eigenvalue weighted by Crippen LogP contribution is 2.35. The lowest BCUT2D eigenvalue weighted by atomic mass is 9.89. The fourth-order valence-electron chi connectivity index (χ4n) is 2.13. The standard InChI is InChI=1S/C14H10F8N2/c15-11(13(17,18)19)9-6-8(7-4-2-1-3-5-7)10(24-23-9)12(16)14(20,21)22/h1-6,8,11-12,23H. The molecule has 1 heterocycles. The number of halogens is 8. The molecule has 24 heavy (non-hydrogen) atoms. The second kappa shape index (κ2) is 6.40. The maximum absolute atomic E-state index is 13.7. The highest BCUT2D eigenvalue weighted by atomic mass is 19.4. The molecule has 1 aliphatic heterocycles. The zero-order valence-corrected chi connectivity index (χ0v) is 11.7. The Bertz CT molecular complexity index is 632. The van der Waals surface area contributed by atoms with Gasteiger partial charge in [0.2, 0.25) is 12.3 Å². The number of hydrazone groups is 1. The van der Waals surface area contributed by atoms with Gasteiger partial charge in [-0.05, 0) is 11.6 Å². The lowest BCUT2D eigenvalue weighted by Gasteiger charge is -2.27. The minimum Gasteiger partial charge on any atom is -0.279 e. The molecule has 0 aromatic heterocycles. The van der Waals surface area contributed by atoms with Crippen molar-refractivity contribution in [1.29, 1.82) is 0 Å². The van der Waals surface area contributed by atoms with Gasteiger partial charge in [-0.3, -0.25) is 5.43 Å². The van der Waals surface area contributed by atoms with Gasteiger partial charge in [0.15, 0.2) is 0 Å². The van der Waals surface area contributed by atoms with Crippen LogP contribution in [0.3, 0.4) is 0 Å². The fourth-order valence-corrected chi connectivity index (χ4v) is 2.13. The molecule has 0 aliphatic carbocycles. The Morgan fingerprint density at radius 3 is 1.92 bits per heavy atom. The average Bonchev–Trinajstić information content (AvgIpc) is 2.52. The number of hydrogen-bond donors (Lipinski definition) is 1. The molecule has 3 unspecified atom stereocenters. The average molecular weight is 358 g/mol. The Hall–Kier alpha value is -2.13. The Morgan fingerprint density at radius 1 is 0.875 bits per heavy atom. The van der Waals surface area contributed by atoms with Gasteiger partial charge in [0.05, 0.1) is 11.4 Å². The van der Waals surface area contributed by atoms with Crippen LogP contribution in [0.4, 0.5) is 35.1 Å². The smallest absolute Gasteiger partial charge is 0.279 e. The van der Waals surface area contributed by atoms with E-state index in [4.69, 9.17) is 0 Å². The van der Waals surface area contributed by atoms with Gasteiger partial charge in [-0.25, -0.2) is 8.78 Å². The number of alkyl halides is 8. The SMILES string of the molecule is FC(C1=CC(c2ccccc2)C(C(F)C(F)(F)F)=NN1)C(F)(F)F. The number of rotatable bonds is 3. The van der Waals surface area contributed by atoms with Crippen LogP contribution >= 0.6 is 0 Å². The molecule has 0 bridgehead atoms. The second-order valence-electron chi connectivity index (χ2n) is 4.97. The molecule has 0 saturated heterocycles. The molecule has 132 valence electrons. The van der Waals surface area contributed by atoms with Gasteiger partial charge >= 0.3 is 12.4 Å². The largest absolute Gasteiger partial charge is 0.425 e. The highest BCUT2D eigenvalue weighted by molar-refractivity contribution is 5.97. The number of allylic oxidation sites excluding steroid dienone is 2. The Kier molecular flexibility index (Phi) is 4.86.